The van der Waals surface area contributed by atoms with Crippen molar-refractivity contribution in [2.24, 2.45) is 10.7 Å². The molecule has 4 heteroatoms. The van der Waals surface area contributed by atoms with E-state index in [0.29, 0.717) is 12.0 Å². The van der Waals surface area contributed by atoms with Gasteiger partial charge in [0, 0.05) is 19.6 Å². The van der Waals surface area contributed by atoms with Crippen molar-refractivity contribution >= 4 is 5.96 Å². The average Bonchev–Trinajstić information content (AvgIpc) is 2.50. The summed E-state index contributed by atoms with van der Waals surface area (Å²) in [6, 6.07) is 0.642. The molecular formula is C9H18N4. The summed E-state index contributed by atoms with van der Waals surface area (Å²) in [5, 5.41) is 0. The molecule has 0 aromatic carbocycles. The molecule has 0 radical (unpaired) electrons. The molecule has 0 amide bonds. The van der Waals surface area contributed by atoms with Gasteiger partial charge in [0.05, 0.1) is 12.1 Å². The SMILES string of the molecule is CC1CC2(CN=C(N)N2C)CN1C. The van der Waals surface area contributed by atoms with Gasteiger partial charge in [-0.15, -0.1) is 0 Å². The van der Waals surface area contributed by atoms with Crippen molar-refractivity contribution < 1.29 is 0 Å². The van der Waals surface area contributed by atoms with Crippen molar-refractivity contribution in [2.45, 2.75) is 24.9 Å². The van der Waals surface area contributed by atoms with Crippen molar-refractivity contribution in [2.75, 3.05) is 27.2 Å². The standard InChI is InChI=1S/C9H18N4/c1-7-4-9(6-12(7)2)5-11-8(10)13(9)3/h7H,4-6H2,1-3H3,(H2,10,11). The summed E-state index contributed by atoms with van der Waals surface area (Å²) < 4.78 is 0. The minimum absolute atomic E-state index is 0.193. The van der Waals surface area contributed by atoms with Crippen LogP contribution in [0.1, 0.15) is 13.3 Å². The molecule has 4 nitrogen and oxygen atoms in total. The monoisotopic (exact) mass is 182 g/mol. The Morgan fingerprint density at radius 3 is 2.62 bits per heavy atom. The van der Waals surface area contributed by atoms with E-state index in [4.69, 9.17) is 5.73 Å². The predicted octanol–water partition coefficient (Wildman–Crippen LogP) is -0.291. The first-order chi connectivity index (χ1) is 6.05. The number of rotatable bonds is 0. The van der Waals surface area contributed by atoms with Crippen LogP contribution < -0.4 is 5.73 Å². The molecule has 0 aliphatic carbocycles. The van der Waals surface area contributed by atoms with Crippen LogP contribution in [0.15, 0.2) is 4.99 Å². The fourth-order valence-electron chi connectivity index (χ4n) is 2.43. The van der Waals surface area contributed by atoms with E-state index in [2.05, 4.69) is 35.8 Å². The molecule has 2 unspecified atom stereocenters. The van der Waals surface area contributed by atoms with E-state index in [1.54, 1.807) is 0 Å². The molecule has 74 valence electrons. The van der Waals surface area contributed by atoms with Crippen molar-refractivity contribution in [3.8, 4) is 0 Å². The van der Waals surface area contributed by atoms with Crippen LogP contribution in [0.25, 0.3) is 0 Å². The zero-order valence-corrected chi connectivity index (χ0v) is 8.62. The minimum atomic E-state index is 0.193. The quantitative estimate of drug-likeness (QED) is 0.560. The lowest BCUT2D eigenvalue weighted by Crippen LogP contribution is -2.50. The average molecular weight is 182 g/mol. The van der Waals surface area contributed by atoms with Crippen LogP contribution in [0.5, 0.6) is 0 Å². The van der Waals surface area contributed by atoms with E-state index in [1.807, 2.05) is 0 Å². The van der Waals surface area contributed by atoms with Crippen LogP contribution in [-0.4, -0.2) is 54.5 Å². The number of nitrogens with zero attached hydrogens (tertiary/aromatic N) is 3. The summed E-state index contributed by atoms with van der Waals surface area (Å²) in [4.78, 5) is 8.84. The topological polar surface area (TPSA) is 44.9 Å². The van der Waals surface area contributed by atoms with E-state index in [-0.39, 0.29) is 5.54 Å². The zero-order chi connectivity index (χ0) is 9.64. The van der Waals surface area contributed by atoms with Crippen LogP contribution in [0, 0.1) is 0 Å². The van der Waals surface area contributed by atoms with Crippen LogP contribution in [0.4, 0.5) is 0 Å². The van der Waals surface area contributed by atoms with Crippen molar-refractivity contribution in [1.82, 2.24) is 9.80 Å². The summed E-state index contributed by atoms with van der Waals surface area (Å²) in [5.74, 6) is 0.697. The highest BCUT2D eigenvalue weighted by atomic mass is 15.4. The lowest BCUT2D eigenvalue weighted by molar-refractivity contribution is 0.236. The fourth-order valence-corrected chi connectivity index (χ4v) is 2.43. The molecule has 1 saturated heterocycles. The molecule has 2 N–H and O–H groups in total. The summed E-state index contributed by atoms with van der Waals surface area (Å²) >= 11 is 0. The van der Waals surface area contributed by atoms with Crippen LogP contribution in [-0.2, 0) is 0 Å². The Labute approximate surface area is 79.4 Å². The van der Waals surface area contributed by atoms with Crippen molar-refractivity contribution in [3.63, 3.8) is 0 Å². The maximum absolute atomic E-state index is 5.78. The molecule has 0 aromatic rings. The molecule has 0 saturated carbocycles. The van der Waals surface area contributed by atoms with Gasteiger partial charge >= 0.3 is 0 Å². The van der Waals surface area contributed by atoms with E-state index < -0.39 is 0 Å². The first kappa shape index (κ1) is 8.81. The molecule has 13 heavy (non-hydrogen) atoms. The van der Waals surface area contributed by atoms with Gasteiger partial charge in [-0.3, -0.25) is 4.99 Å². The van der Waals surface area contributed by atoms with Gasteiger partial charge < -0.3 is 15.5 Å². The molecule has 2 aliphatic rings. The van der Waals surface area contributed by atoms with Gasteiger partial charge in [0.2, 0.25) is 0 Å². The lowest BCUT2D eigenvalue weighted by Gasteiger charge is -2.32. The number of nitrogens with two attached hydrogens (primary N) is 1. The predicted molar refractivity (Wildman–Crippen MR) is 53.7 cm³/mol. The lowest BCUT2D eigenvalue weighted by atomic mass is 9.96. The van der Waals surface area contributed by atoms with Crippen LogP contribution in [0.2, 0.25) is 0 Å². The molecule has 1 spiro atoms. The van der Waals surface area contributed by atoms with Crippen molar-refractivity contribution in [1.29, 1.82) is 0 Å². The fraction of sp³-hybridized carbons (Fsp3) is 0.889. The van der Waals surface area contributed by atoms with Gasteiger partial charge in [0.15, 0.2) is 5.96 Å². The first-order valence-corrected chi connectivity index (χ1v) is 4.79. The highest BCUT2D eigenvalue weighted by molar-refractivity contribution is 5.80. The van der Waals surface area contributed by atoms with E-state index in [0.717, 1.165) is 13.1 Å². The molecule has 2 rings (SSSR count). The largest absolute Gasteiger partial charge is 0.370 e. The Kier molecular flexibility index (Phi) is 1.77. The summed E-state index contributed by atoms with van der Waals surface area (Å²) in [6.45, 7) is 4.20. The molecular weight excluding hydrogens is 164 g/mol. The van der Waals surface area contributed by atoms with E-state index in [1.165, 1.54) is 6.42 Å². The third-order valence-electron chi connectivity index (χ3n) is 3.56. The molecule has 2 atom stereocenters. The second kappa shape index (κ2) is 2.61. The smallest absolute Gasteiger partial charge is 0.191 e. The third-order valence-corrected chi connectivity index (χ3v) is 3.56. The normalized spacial score (nSPS) is 40.4. The van der Waals surface area contributed by atoms with Gasteiger partial charge in [-0.25, -0.2) is 0 Å². The summed E-state index contributed by atoms with van der Waals surface area (Å²) in [6.07, 6.45) is 1.17. The number of hydrogen-bond acceptors (Lipinski definition) is 4. The first-order valence-electron chi connectivity index (χ1n) is 4.79. The highest BCUT2D eigenvalue weighted by Gasteiger charge is 2.47. The molecule has 0 aromatic heterocycles. The third kappa shape index (κ3) is 1.12. The number of hydrogen-bond donors (Lipinski definition) is 1. The number of likely N-dealkylation sites (tertiary alicyclic amines) is 1. The van der Waals surface area contributed by atoms with Gasteiger partial charge in [0.25, 0.3) is 0 Å². The second-order valence-electron chi connectivity index (χ2n) is 4.43. The maximum atomic E-state index is 5.78. The van der Waals surface area contributed by atoms with E-state index >= 15 is 0 Å². The minimum Gasteiger partial charge on any atom is -0.370 e. The van der Waals surface area contributed by atoms with Gasteiger partial charge in [-0.1, -0.05) is 0 Å². The van der Waals surface area contributed by atoms with Gasteiger partial charge in [-0.2, -0.15) is 0 Å². The Hall–Kier alpha value is -0.770. The Bertz CT molecular complexity index is 238. The summed E-state index contributed by atoms with van der Waals surface area (Å²) in [5.41, 5.74) is 5.97. The second-order valence-corrected chi connectivity index (χ2v) is 4.43. The Morgan fingerprint density at radius 1 is 1.54 bits per heavy atom. The number of guanidine groups is 1. The van der Waals surface area contributed by atoms with Gasteiger partial charge in [0.1, 0.15) is 0 Å². The van der Waals surface area contributed by atoms with Crippen LogP contribution in [0.3, 0.4) is 0 Å². The molecule has 2 heterocycles. The number of likely N-dealkylation sites (N-methyl/N-ethyl adjacent to an activating group) is 2. The van der Waals surface area contributed by atoms with Gasteiger partial charge in [-0.05, 0) is 20.4 Å². The Balaban J connectivity index is 2.18. The van der Waals surface area contributed by atoms with Crippen LogP contribution >= 0.6 is 0 Å². The zero-order valence-electron chi connectivity index (χ0n) is 8.62. The molecule has 1 fully saturated rings. The molecule has 2 aliphatic heterocycles. The molecule has 0 bridgehead atoms. The Morgan fingerprint density at radius 2 is 2.23 bits per heavy atom. The van der Waals surface area contributed by atoms with E-state index in [9.17, 15) is 0 Å². The number of aliphatic imine (C=N–C) groups is 1. The van der Waals surface area contributed by atoms with Crippen molar-refractivity contribution in [3.05, 3.63) is 0 Å². The maximum Gasteiger partial charge on any atom is 0.191 e. The summed E-state index contributed by atoms with van der Waals surface area (Å²) in [7, 11) is 4.22. The highest BCUT2D eigenvalue weighted by Crippen LogP contribution is 2.33.